The molecular formula is C10H16ClN3O2. The van der Waals surface area contributed by atoms with E-state index in [-0.39, 0.29) is 12.4 Å². The molecule has 16 heavy (non-hydrogen) atoms. The highest BCUT2D eigenvalue weighted by atomic mass is 35.5. The summed E-state index contributed by atoms with van der Waals surface area (Å²) in [5.41, 5.74) is 0.422. The second-order valence-corrected chi connectivity index (χ2v) is 4.13. The zero-order valence-electron chi connectivity index (χ0n) is 9.73. The number of hydrogen-bond acceptors (Lipinski definition) is 4. The quantitative estimate of drug-likeness (QED) is 0.700. The molecule has 0 aliphatic rings. The fraction of sp³-hybridized carbons (Fsp3) is 0.600. The predicted molar refractivity (Wildman–Crippen MR) is 62.0 cm³/mol. The van der Waals surface area contributed by atoms with Gasteiger partial charge in [0.2, 0.25) is 5.78 Å². The number of halogens is 1. The molecule has 0 N–H and O–H groups in total. The predicted octanol–water partition coefficient (Wildman–Crippen LogP) is 0.927. The van der Waals surface area contributed by atoms with Gasteiger partial charge < -0.3 is 9.64 Å². The van der Waals surface area contributed by atoms with Crippen molar-refractivity contribution in [2.75, 3.05) is 34.4 Å². The van der Waals surface area contributed by atoms with Crippen molar-refractivity contribution in [1.29, 1.82) is 0 Å². The molecule has 1 heterocycles. The van der Waals surface area contributed by atoms with Crippen LogP contribution in [-0.2, 0) is 11.3 Å². The highest BCUT2D eigenvalue weighted by Gasteiger charge is 2.16. The maximum Gasteiger partial charge on any atom is 0.207 e. The topological polar surface area (TPSA) is 47.4 Å². The largest absolute Gasteiger partial charge is 0.376 e. The van der Waals surface area contributed by atoms with Crippen molar-refractivity contribution in [3.05, 3.63) is 16.9 Å². The Morgan fingerprint density at radius 3 is 2.88 bits per heavy atom. The van der Waals surface area contributed by atoms with E-state index in [9.17, 15) is 4.79 Å². The molecule has 1 rings (SSSR count). The van der Waals surface area contributed by atoms with Crippen LogP contribution in [0.1, 0.15) is 10.5 Å². The summed E-state index contributed by atoms with van der Waals surface area (Å²) in [5.74, 6) is -0.149. The third-order valence-electron chi connectivity index (χ3n) is 2.09. The third kappa shape index (κ3) is 3.30. The van der Waals surface area contributed by atoms with Crippen molar-refractivity contribution >= 4 is 17.4 Å². The molecule has 0 saturated carbocycles. The zero-order chi connectivity index (χ0) is 12.1. The van der Waals surface area contributed by atoms with Crippen LogP contribution in [0.25, 0.3) is 0 Å². The summed E-state index contributed by atoms with van der Waals surface area (Å²) < 4.78 is 6.42. The van der Waals surface area contributed by atoms with Gasteiger partial charge in [-0.2, -0.15) is 5.10 Å². The van der Waals surface area contributed by atoms with Crippen LogP contribution in [0.2, 0.25) is 5.02 Å². The number of Topliss-reactive ketones (excluding diaryl/α,β-unsaturated/α-hetero) is 1. The van der Waals surface area contributed by atoms with Crippen LogP contribution in [0.3, 0.4) is 0 Å². The molecular weight excluding hydrogens is 230 g/mol. The molecule has 0 atom stereocenters. The number of carbonyl (C=O) groups excluding carboxylic acids is 1. The Labute approximate surface area is 99.9 Å². The fourth-order valence-corrected chi connectivity index (χ4v) is 1.55. The monoisotopic (exact) mass is 245 g/mol. The van der Waals surface area contributed by atoms with Gasteiger partial charge in [-0.3, -0.25) is 9.48 Å². The first kappa shape index (κ1) is 13.2. The van der Waals surface area contributed by atoms with Crippen LogP contribution < -0.4 is 0 Å². The number of nitrogens with zero attached hydrogens (tertiary/aromatic N) is 3. The van der Waals surface area contributed by atoms with Gasteiger partial charge in [-0.1, -0.05) is 11.6 Å². The van der Waals surface area contributed by atoms with Crippen molar-refractivity contribution in [3.63, 3.8) is 0 Å². The average Bonchev–Trinajstić information content (AvgIpc) is 2.57. The Morgan fingerprint density at radius 1 is 1.62 bits per heavy atom. The Balaban J connectivity index is 2.81. The molecule has 0 unspecified atom stereocenters. The zero-order valence-corrected chi connectivity index (χ0v) is 10.5. The minimum Gasteiger partial charge on any atom is -0.376 e. The van der Waals surface area contributed by atoms with Crippen molar-refractivity contribution < 1.29 is 9.53 Å². The van der Waals surface area contributed by atoms with E-state index in [1.807, 2.05) is 19.0 Å². The Kier molecular flexibility index (Phi) is 4.92. The number of methoxy groups -OCH3 is 1. The van der Waals surface area contributed by atoms with Gasteiger partial charge in [0.25, 0.3) is 0 Å². The molecule has 0 bridgehead atoms. The first-order valence-corrected chi connectivity index (χ1v) is 5.32. The van der Waals surface area contributed by atoms with E-state index in [0.717, 1.165) is 6.54 Å². The molecule has 0 saturated heterocycles. The van der Waals surface area contributed by atoms with Crippen molar-refractivity contribution in [3.8, 4) is 0 Å². The molecule has 0 radical (unpaired) electrons. The van der Waals surface area contributed by atoms with Crippen LogP contribution in [0.4, 0.5) is 0 Å². The lowest BCUT2D eigenvalue weighted by molar-refractivity contribution is 0.0836. The molecule has 0 amide bonds. The van der Waals surface area contributed by atoms with Gasteiger partial charge in [-0.15, -0.1) is 0 Å². The van der Waals surface area contributed by atoms with Gasteiger partial charge in [-0.05, 0) is 14.1 Å². The van der Waals surface area contributed by atoms with E-state index < -0.39 is 0 Å². The molecule has 0 fully saturated rings. The first-order valence-electron chi connectivity index (χ1n) is 4.94. The molecule has 0 spiro atoms. The van der Waals surface area contributed by atoms with Gasteiger partial charge in [0.15, 0.2) is 0 Å². The second kappa shape index (κ2) is 5.98. The normalized spacial score (nSPS) is 11.1. The number of ketones is 1. The number of likely N-dealkylation sites (N-methyl/N-ethyl adjacent to an activating group) is 1. The van der Waals surface area contributed by atoms with Gasteiger partial charge in [-0.25, -0.2) is 0 Å². The van der Waals surface area contributed by atoms with Crippen LogP contribution in [0.5, 0.6) is 0 Å². The maximum atomic E-state index is 11.7. The van der Waals surface area contributed by atoms with Gasteiger partial charge in [0, 0.05) is 13.7 Å². The van der Waals surface area contributed by atoms with Crippen LogP contribution >= 0.6 is 11.6 Å². The average molecular weight is 246 g/mol. The molecule has 0 aliphatic heterocycles. The lowest BCUT2D eigenvalue weighted by Crippen LogP contribution is -2.22. The number of hydrogen-bond donors (Lipinski definition) is 0. The Bertz CT molecular complexity index is 363. The molecule has 0 aliphatic carbocycles. The minimum absolute atomic E-state index is 0.0212. The van der Waals surface area contributed by atoms with E-state index >= 15 is 0 Å². The molecule has 90 valence electrons. The molecule has 1 aromatic heterocycles. The third-order valence-corrected chi connectivity index (χ3v) is 2.37. The maximum absolute atomic E-state index is 11.7. The number of rotatable bonds is 6. The van der Waals surface area contributed by atoms with E-state index in [0.29, 0.717) is 17.3 Å². The lowest BCUT2D eigenvalue weighted by Gasteiger charge is -2.11. The van der Waals surface area contributed by atoms with Gasteiger partial charge in [0.1, 0.15) is 12.3 Å². The highest BCUT2D eigenvalue weighted by Crippen LogP contribution is 2.15. The smallest absolute Gasteiger partial charge is 0.207 e. The van der Waals surface area contributed by atoms with Gasteiger partial charge >= 0.3 is 0 Å². The summed E-state index contributed by atoms with van der Waals surface area (Å²) in [5, 5.41) is 4.45. The van der Waals surface area contributed by atoms with Gasteiger partial charge in [0.05, 0.1) is 17.8 Å². The van der Waals surface area contributed by atoms with E-state index in [1.54, 1.807) is 4.68 Å². The SMILES string of the molecule is COCC(=O)c1c(Cl)cnn1CCN(C)C. The first-order chi connectivity index (χ1) is 7.56. The summed E-state index contributed by atoms with van der Waals surface area (Å²) >= 11 is 5.92. The number of carbonyl (C=O) groups is 1. The molecule has 1 aromatic rings. The van der Waals surface area contributed by atoms with E-state index in [2.05, 4.69) is 5.10 Å². The van der Waals surface area contributed by atoms with Crippen LogP contribution in [0, 0.1) is 0 Å². The van der Waals surface area contributed by atoms with Crippen LogP contribution in [0.15, 0.2) is 6.20 Å². The summed E-state index contributed by atoms with van der Waals surface area (Å²) in [7, 11) is 5.40. The second-order valence-electron chi connectivity index (χ2n) is 3.72. The summed E-state index contributed by atoms with van der Waals surface area (Å²) in [6, 6.07) is 0. The summed E-state index contributed by atoms with van der Waals surface area (Å²) in [4.78, 5) is 13.7. The summed E-state index contributed by atoms with van der Waals surface area (Å²) in [6.45, 7) is 1.45. The number of ether oxygens (including phenoxy) is 1. The minimum atomic E-state index is -0.149. The number of aromatic nitrogens is 2. The van der Waals surface area contributed by atoms with E-state index in [1.165, 1.54) is 13.3 Å². The standard InChI is InChI=1S/C10H16ClN3O2/c1-13(2)4-5-14-10(8(11)6-12-14)9(15)7-16-3/h6H,4-5,7H2,1-3H3. The lowest BCUT2D eigenvalue weighted by atomic mass is 10.3. The van der Waals surface area contributed by atoms with E-state index in [4.69, 9.17) is 16.3 Å². The van der Waals surface area contributed by atoms with Crippen molar-refractivity contribution in [1.82, 2.24) is 14.7 Å². The summed E-state index contributed by atoms with van der Waals surface area (Å²) in [6.07, 6.45) is 1.49. The Hall–Kier alpha value is -0.910. The molecule has 5 nitrogen and oxygen atoms in total. The Morgan fingerprint density at radius 2 is 2.31 bits per heavy atom. The van der Waals surface area contributed by atoms with Crippen molar-refractivity contribution in [2.45, 2.75) is 6.54 Å². The molecule has 6 heteroatoms. The molecule has 0 aromatic carbocycles. The fourth-order valence-electron chi connectivity index (χ4n) is 1.30. The van der Waals surface area contributed by atoms with Crippen LogP contribution in [-0.4, -0.2) is 54.8 Å². The van der Waals surface area contributed by atoms with Crippen molar-refractivity contribution in [2.24, 2.45) is 0 Å². The highest BCUT2D eigenvalue weighted by molar-refractivity contribution is 6.33.